The first-order valence-electron chi connectivity index (χ1n) is 5.25. The summed E-state index contributed by atoms with van der Waals surface area (Å²) in [5.41, 5.74) is 1.48. The van der Waals surface area contributed by atoms with Gasteiger partial charge >= 0.3 is 5.97 Å². The molecule has 2 aromatic heterocycles. The molecule has 5 heteroatoms. The van der Waals surface area contributed by atoms with Crippen molar-refractivity contribution in [2.24, 2.45) is 0 Å². The summed E-state index contributed by atoms with van der Waals surface area (Å²) in [7, 11) is 0. The molecule has 5 nitrogen and oxygen atoms in total. The fraction of sp³-hybridized carbons (Fsp3) is 0.250. The van der Waals surface area contributed by atoms with E-state index in [-0.39, 0.29) is 6.42 Å². The minimum atomic E-state index is -0.838. The molecule has 1 N–H and O–H groups in total. The van der Waals surface area contributed by atoms with Crippen LogP contribution in [-0.4, -0.2) is 21.0 Å². The summed E-state index contributed by atoms with van der Waals surface area (Å²) in [4.78, 5) is 18.8. The number of carboxylic acid groups (broad SMARTS) is 1. The highest BCUT2D eigenvalue weighted by Crippen LogP contribution is 2.21. The second kappa shape index (κ2) is 4.78. The van der Waals surface area contributed by atoms with Crippen LogP contribution >= 0.6 is 0 Å². The van der Waals surface area contributed by atoms with E-state index in [1.54, 1.807) is 25.4 Å². The number of hydrogen-bond donors (Lipinski definition) is 1. The minimum Gasteiger partial charge on any atom is -0.481 e. The van der Waals surface area contributed by atoms with Crippen molar-refractivity contribution in [2.45, 2.75) is 19.8 Å². The number of pyridine rings is 1. The number of carbonyl (C=O) groups is 1. The Morgan fingerprint density at radius 3 is 3.00 bits per heavy atom. The van der Waals surface area contributed by atoms with E-state index in [9.17, 15) is 4.79 Å². The van der Waals surface area contributed by atoms with E-state index in [0.29, 0.717) is 23.8 Å². The zero-order valence-corrected chi connectivity index (χ0v) is 9.38. The summed E-state index contributed by atoms with van der Waals surface area (Å²) in [6.45, 7) is 1.78. The maximum Gasteiger partial charge on any atom is 0.303 e. The van der Waals surface area contributed by atoms with Gasteiger partial charge in [0, 0.05) is 18.8 Å². The normalized spacial score (nSPS) is 10.4. The molecule has 0 aliphatic heterocycles. The number of rotatable bonds is 4. The molecular weight excluding hydrogens is 220 g/mol. The van der Waals surface area contributed by atoms with Crippen molar-refractivity contribution in [3.63, 3.8) is 0 Å². The van der Waals surface area contributed by atoms with Gasteiger partial charge in [0.1, 0.15) is 5.76 Å². The van der Waals surface area contributed by atoms with Gasteiger partial charge in [-0.3, -0.25) is 9.78 Å². The summed E-state index contributed by atoms with van der Waals surface area (Å²) in [6.07, 6.45) is 3.77. The number of carboxylic acids is 1. The maximum absolute atomic E-state index is 10.5. The highest BCUT2D eigenvalue weighted by molar-refractivity contribution is 5.67. The molecule has 0 bridgehead atoms. The number of aromatic nitrogens is 2. The Morgan fingerprint density at radius 1 is 1.53 bits per heavy atom. The molecular formula is C12H12N2O3. The van der Waals surface area contributed by atoms with Crippen molar-refractivity contribution >= 4 is 5.97 Å². The highest BCUT2D eigenvalue weighted by atomic mass is 16.4. The SMILES string of the molecule is Cc1oc(-c2cccnc2)nc1CCC(=O)O. The molecule has 17 heavy (non-hydrogen) atoms. The molecule has 0 radical (unpaired) electrons. The van der Waals surface area contributed by atoms with Crippen LogP contribution in [0.5, 0.6) is 0 Å². The van der Waals surface area contributed by atoms with E-state index in [0.717, 1.165) is 5.56 Å². The molecule has 0 saturated carbocycles. The van der Waals surface area contributed by atoms with Gasteiger partial charge in [-0.05, 0) is 19.1 Å². The van der Waals surface area contributed by atoms with Crippen LogP contribution < -0.4 is 0 Å². The third-order valence-corrected chi connectivity index (χ3v) is 2.38. The Balaban J connectivity index is 2.22. The van der Waals surface area contributed by atoms with E-state index in [4.69, 9.17) is 9.52 Å². The van der Waals surface area contributed by atoms with E-state index in [1.807, 2.05) is 6.07 Å². The summed E-state index contributed by atoms with van der Waals surface area (Å²) in [5, 5.41) is 8.62. The van der Waals surface area contributed by atoms with Crippen molar-refractivity contribution in [1.29, 1.82) is 0 Å². The highest BCUT2D eigenvalue weighted by Gasteiger charge is 2.12. The average molecular weight is 232 g/mol. The van der Waals surface area contributed by atoms with Gasteiger partial charge in [-0.25, -0.2) is 4.98 Å². The number of aliphatic carboxylic acids is 1. The second-order valence-electron chi connectivity index (χ2n) is 3.66. The van der Waals surface area contributed by atoms with Gasteiger partial charge in [-0.1, -0.05) is 0 Å². The van der Waals surface area contributed by atoms with Gasteiger partial charge in [0.15, 0.2) is 0 Å². The Bertz CT molecular complexity index is 520. The molecule has 88 valence electrons. The first-order chi connectivity index (χ1) is 8.16. The summed E-state index contributed by atoms with van der Waals surface area (Å²) < 4.78 is 5.49. The fourth-order valence-electron chi connectivity index (χ4n) is 1.50. The van der Waals surface area contributed by atoms with Crippen molar-refractivity contribution < 1.29 is 14.3 Å². The van der Waals surface area contributed by atoms with Gasteiger partial charge in [0.25, 0.3) is 0 Å². The molecule has 0 atom stereocenters. The lowest BCUT2D eigenvalue weighted by molar-refractivity contribution is -0.136. The molecule has 0 unspecified atom stereocenters. The molecule has 2 aromatic rings. The van der Waals surface area contributed by atoms with Crippen LogP contribution in [0.3, 0.4) is 0 Å². The molecule has 0 saturated heterocycles. The number of aryl methyl sites for hydroxylation is 2. The van der Waals surface area contributed by atoms with Gasteiger partial charge in [0.2, 0.25) is 5.89 Å². The van der Waals surface area contributed by atoms with Crippen LogP contribution in [0.15, 0.2) is 28.9 Å². The predicted octanol–water partition coefficient (Wildman–Crippen LogP) is 2.06. The van der Waals surface area contributed by atoms with Crippen LogP contribution in [0.2, 0.25) is 0 Å². The lowest BCUT2D eigenvalue weighted by Gasteiger charge is -1.92. The molecule has 2 heterocycles. The van der Waals surface area contributed by atoms with Crippen molar-refractivity contribution in [3.05, 3.63) is 36.0 Å². The van der Waals surface area contributed by atoms with Crippen LogP contribution in [0, 0.1) is 6.92 Å². The lowest BCUT2D eigenvalue weighted by Crippen LogP contribution is -1.98. The Morgan fingerprint density at radius 2 is 2.35 bits per heavy atom. The van der Waals surface area contributed by atoms with Gasteiger partial charge in [0.05, 0.1) is 17.7 Å². The zero-order valence-electron chi connectivity index (χ0n) is 9.38. The van der Waals surface area contributed by atoms with Crippen molar-refractivity contribution in [3.8, 4) is 11.5 Å². The summed E-state index contributed by atoms with van der Waals surface area (Å²) in [5.74, 6) is 0.302. The molecule has 0 amide bonds. The average Bonchev–Trinajstić information content (AvgIpc) is 2.69. The van der Waals surface area contributed by atoms with Crippen LogP contribution in [0.4, 0.5) is 0 Å². The van der Waals surface area contributed by atoms with Crippen LogP contribution in [-0.2, 0) is 11.2 Å². The number of oxazole rings is 1. The quantitative estimate of drug-likeness (QED) is 0.873. The van der Waals surface area contributed by atoms with E-state index in [1.165, 1.54) is 0 Å². The number of nitrogens with zero attached hydrogens (tertiary/aromatic N) is 2. The molecule has 0 aliphatic carbocycles. The Hall–Kier alpha value is -2.17. The Kier molecular flexibility index (Phi) is 3.18. The molecule has 0 aliphatic rings. The van der Waals surface area contributed by atoms with E-state index < -0.39 is 5.97 Å². The smallest absolute Gasteiger partial charge is 0.303 e. The second-order valence-corrected chi connectivity index (χ2v) is 3.66. The van der Waals surface area contributed by atoms with E-state index in [2.05, 4.69) is 9.97 Å². The first kappa shape index (κ1) is 11.3. The third-order valence-electron chi connectivity index (χ3n) is 2.38. The largest absolute Gasteiger partial charge is 0.481 e. The predicted molar refractivity (Wildman–Crippen MR) is 60.4 cm³/mol. The van der Waals surface area contributed by atoms with Gasteiger partial charge in [-0.15, -0.1) is 0 Å². The van der Waals surface area contributed by atoms with Crippen molar-refractivity contribution in [2.75, 3.05) is 0 Å². The van der Waals surface area contributed by atoms with Crippen LogP contribution in [0.25, 0.3) is 11.5 Å². The Labute approximate surface area is 98.1 Å². The minimum absolute atomic E-state index is 0.0554. The standard InChI is InChI=1S/C12H12N2O3/c1-8-10(4-5-11(15)16)14-12(17-8)9-3-2-6-13-7-9/h2-3,6-7H,4-5H2,1H3,(H,15,16). The molecule has 0 fully saturated rings. The number of hydrogen-bond acceptors (Lipinski definition) is 4. The van der Waals surface area contributed by atoms with Gasteiger partial charge in [-0.2, -0.15) is 0 Å². The summed E-state index contributed by atoms with van der Waals surface area (Å²) >= 11 is 0. The molecule has 0 spiro atoms. The van der Waals surface area contributed by atoms with Crippen molar-refractivity contribution in [1.82, 2.24) is 9.97 Å². The lowest BCUT2D eigenvalue weighted by atomic mass is 10.2. The maximum atomic E-state index is 10.5. The fourth-order valence-corrected chi connectivity index (χ4v) is 1.50. The summed E-state index contributed by atoms with van der Waals surface area (Å²) in [6, 6.07) is 3.64. The first-order valence-corrected chi connectivity index (χ1v) is 5.25. The van der Waals surface area contributed by atoms with E-state index >= 15 is 0 Å². The van der Waals surface area contributed by atoms with Crippen LogP contribution in [0.1, 0.15) is 17.9 Å². The zero-order chi connectivity index (χ0) is 12.3. The monoisotopic (exact) mass is 232 g/mol. The molecule has 2 rings (SSSR count). The third kappa shape index (κ3) is 2.69. The topological polar surface area (TPSA) is 76.2 Å². The molecule has 0 aromatic carbocycles. The van der Waals surface area contributed by atoms with Gasteiger partial charge < -0.3 is 9.52 Å².